The maximum absolute atomic E-state index is 13.3. The zero-order valence-electron chi connectivity index (χ0n) is 18.0. The number of rotatable bonds is 6. The first-order chi connectivity index (χ1) is 14.4. The van der Waals surface area contributed by atoms with E-state index in [0.717, 1.165) is 17.0 Å². The van der Waals surface area contributed by atoms with Crippen LogP contribution >= 0.6 is 11.6 Å². The number of carbonyl (C=O) groups is 1. The second-order valence-corrected chi connectivity index (χ2v) is 8.96. The summed E-state index contributed by atoms with van der Waals surface area (Å²) in [5.41, 5.74) is 2.94. The third-order valence-corrected chi connectivity index (χ3v) is 6.34. The van der Waals surface area contributed by atoms with Crippen LogP contribution < -0.4 is 0 Å². The van der Waals surface area contributed by atoms with Gasteiger partial charge in [-0.2, -0.15) is 0 Å². The van der Waals surface area contributed by atoms with Crippen LogP contribution in [-0.2, 0) is 10.3 Å². The Morgan fingerprint density at radius 3 is 2.40 bits per heavy atom. The minimum Gasteiger partial charge on any atom is -0.338 e. The lowest BCUT2D eigenvalue weighted by atomic mass is 9.79. The first kappa shape index (κ1) is 20.7. The van der Waals surface area contributed by atoms with Crippen molar-refractivity contribution < 1.29 is 4.79 Å². The number of hydrogen-bond donors (Lipinski definition) is 0. The molecule has 0 radical (unpaired) electrons. The maximum Gasteiger partial charge on any atom is 0.223 e. The van der Waals surface area contributed by atoms with E-state index < -0.39 is 5.54 Å². The van der Waals surface area contributed by atoms with E-state index in [4.69, 9.17) is 11.6 Å². The second kappa shape index (κ2) is 7.92. The summed E-state index contributed by atoms with van der Waals surface area (Å²) in [6.45, 7) is 8.30. The van der Waals surface area contributed by atoms with E-state index in [9.17, 15) is 4.79 Å². The molecule has 30 heavy (non-hydrogen) atoms. The Morgan fingerprint density at radius 2 is 1.73 bits per heavy atom. The summed E-state index contributed by atoms with van der Waals surface area (Å²) in [4.78, 5) is 19.9. The quantitative estimate of drug-likeness (QED) is 0.509. The minimum atomic E-state index is -0.484. The number of hydrogen-bond acceptors (Lipinski definition) is 2. The molecule has 0 fully saturated rings. The van der Waals surface area contributed by atoms with E-state index in [0.29, 0.717) is 17.9 Å². The Kier molecular flexibility index (Phi) is 5.46. The Hall–Kier alpha value is -2.59. The zero-order chi connectivity index (χ0) is 21.5. The summed E-state index contributed by atoms with van der Waals surface area (Å²) >= 11 is 6.20. The summed E-state index contributed by atoms with van der Waals surface area (Å²) in [5.74, 6) is 1.12. The van der Waals surface area contributed by atoms with Gasteiger partial charge in [-0.15, -0.1) is 0 Å². The van der Waals surface area contributed by atoms with Gasteiger partial charge in [-0.1, -0.05) is 48.0 Å². The number of carbonyl (C=O) groups excluding carboxylic acids is 1. The third kappa shape index (κ3) is 3.24. The standard InChI is InChI=1S/C25H28ClN3O/c1-17(2)29(18(3)4)23(30)13-14-25(19-9-11-20(26)12-10-19)22-8-6-5-7-21(22)24-27-15-16-28(24)25/h5-12,15-18H,13-14H2,1-4H3. The highest BCUT2D eigenvalue weighted by atomic mass is 35.5. The highest BCUT2D eigenvalue weighted by Crippen LogP contribution is 2.49. The van der Waals surface area contributed by atoms with Gasteiger partial charge >= 0.3 is 0 Å². The summed E-state index contributed by atoms with van der Waals surface area (Å²) in [5, 5.41) is 0.702. The summed E-state index contributed by atoms with van der Waals surface area (Å²) < 4.78 is 2.23. The van der Waals surface area contributed by atoms with Gasteiger partial charge < -0.3 is 9.47 Å². The molecule has 2 aromatic carbocycles. The molecule has 1 amide bonds. The molecule has 4 nitrogen and oxygen atoms in total. The molecule has 2 heterocycles. The van der Waals surface area contributed by atoms with Crippen molar-refractivity contribution in [3.8, 4) is 11.4 Å². The molecule has 0 N–H and O–H groups in total. The molecule has 3 aromatic rings. The van der Waals surface area contributed by atoms with Crippen molar-refractivity contribution in [1.82, 2.24) is 14.5 Å². The summed E-state index contributed by atoms with van der Waals surface area (Å²) in [7, 11) is 0. The molecule has 1 atom stereocenters. The molecule has 4 rings (SSSR count). The van der Waals surface area contributed by atoms with Gasteiger partial charge in [-0.25, -0.2) is 4.98 Å². The van der Waals surface area contributed by atoms with Gasteiger partial charge in [-0.3, -0.25) is 4.79 Å². The fourth-order valence-corrected chi connectivity index (χ4v) is 5.11. The zero-order valence-corrected chi connectivity index (χ0v) is 18.7. The molecule has 1 aliphatic rings. The molecule has 0 bridgehead atoms. The second-order valence-electron chi connectivity index (χ2n) is 8.52. The van der Waals surface area contributed by atoms with Crippen molar-refractivity contribution in [1.29, 1.82) is 0 Å². The van der Waals surface area contributed by atoms with E-state index in [1.165, 1.54) is 5.56 Å². The largest absolute Gasteiger partial charge is 0.338 e. The number of fused-ring (bicyclic) bond motifs is 3. The SMILES string of the molecule is CC(C)N(C(=O)CCC1(c2ccc(Cl)cc2)c2ccccc2-c2nccn21)C(C)C. The number of halogens is 1. The lowest BCUT2D eigenvalue weighted by Crippen LogP contribution is -2.43. The van der Waals surface area contributed by atoms with Crippen molar-refractivity contribution >= 4 is 17.5 Å². The van der Waals surface area contributed by atoms with Crippen molar-refractivity contribution in [2.24, 2.45) is 0 Å². The van der Waals surface area contributed by atoms with Gasteiger partial charge in [0.2, 0.25) is 5.91 Å². The fourth-order valence-electron chi connectivity index (χ4n) is 4.99. The van der Waals surface area contributed by atoms with E-state index >= 15 is 0 Å². The molecule has 0 saturated carbocycles. The number of aromatic nitrogens is 2. The molecule has 1 unspecified atom stereocenters. The van der Waals surface area contributed by atoms with Gasteiger partial charge in [-0.05, 0) is 57.4 Å². The Morgan fingerprint density at radius 1 is 1.07 bits per heavy atom. The topological polar surface area (TPSA) is 38.1 Å². The predicted octanol–water partition coefficient (Wildman–Crippen LogP) is 5.73. The van der Waals surface area contributed by atoms with Crippen LogP contribution in [0, 0.1) is 0 Å². The monoisotopic (exact) mass is 421 g/mol. The van der Waals surface area contributed by atoms with Crippen LogP contribution in [0.1, 0.15) is 51.7 Å². The summed E-state index contributed by atoms with van der Waals surface area (Å²) in [6, 6.07) is 16.7. The molecule has 5 heteroatoms. The highest BCUT2D eigenvalue weighted by Gasteiger charge is 2.45. The summed E-state index contributed by atoms with van der Waals surface area (Å²) in [6.07, 6.45) is 4.97. The molecule has 0 saturated heterocycles. The first-order valence-corrected chi connectivity index (χ1v) is 10.9. The van der Waals surface area contributed by atoms with Gasteiger partial charge in [0.15, 0.2) is 0 Å². The van der Waals surface area contributed by atoms with E-state index in [1.54, 1.807) is 0 Å². The van der Waals surface area contributed by atoms with E-state index in [2.05, 4.69) is 67.6 Å². The predicted molar refractivity (Wildman–Crippen MR) is 122 cm³/mol. The third-order valence-electron chi connectivity index (χ3n) is 6.09. The fraction of sp³-hybridized carbons (Fsp3) is 0.360. The van der Waals surface area contributed by atoms with E-state index in [-0.39, 0.29) is 18.0 Å². The van der Waals surface area contributed by atoms with Crippen molar-refractivity contribution in [3.63, 3.8) is 0 Å². The van der Waals surface area contributed by atoms with Crippen LogP contribution in [0.3, 0.4) is 0 Å². The Labute approximate surface area is 183 Å². The lowest BCUT2D eigenvalue weighted by Gasteiger charge is -2.36. The maximum atomic E-state index is 13.3. The smallest absolute Gasteiger partial charge is 0.223 e. The van der Waals surface area contributed by atoms with E-state index in [1.807, 2.05) is 35.5 Å². The highest BCUT2D eigenvalue weighted by molar-refractivity contribution is 6.30. The molecular formula is C25H28ClN3O. The lowest BCUT2D eigenvalue weighted by molar-refractivity contribution is -0.135. The molecule has 0 spiro atoms. The van der Waals surface area contributed by atoms with Gasteiger partial charge in [0.25, 0.3) is 0 Å². The average molecular weight is 422 g/mol. The molecule has 0 aliphatic carbocycles. The normalized spacial score (nSPS) is 17.3. The number of benzene rings is 2. The average Bonchev–Trinajstić information content (AvgIpc) is 3.28. The van der Waals surface area contributed by atoms with Crippen molar-refractivity contribution in [2.75, 3.05) is 0 Å². The van der Waals surface area contributed by atoms with Crippen LogP contribution in [0.15, 0.2) is 60.9 Å². The van der Waals surface area contributed by atoms with Gasteiger partial charge in [0.1, 0.15) is 5.82 Å². The first-order valence-electron chi connectivity index (χ1n) is 10.6. The van der Waals surface area contributed by atoms with Crippen LogP contribution in [0.4, 0.5) is 0 Å². The minimum absolute atomic E-state index is 0.170. The Balaban J connectivity index is 1.82. The number of nitrogens with zero attached hydrogens (tertiary/aromatic N) is 3. The van der Waals surface area contributed by atoms with Crippen LogP contribution in [-0.4, -0.2) is 32.4 Å². The van der Waals surface area contributed by atoms with Crippen LogP contribution in [0.2, 0.25) is 5.02 Å². The molecular weight excluding hydrogens is 394 g/mol. The molecule has 1 aromatic heterocycles. The van der Waals surface area contributed by atoms with Crippen molar-refractivity contribution in [2.45, 2.75) is 58.2 Å². The van der Waals surface area contributed by atoms with Crippen molar-refractivity contribution in [3.05, 3.63) is 77.1 Å². The molecule has 156 valence electrons. The van der Waals surface area contributed by atoms with Crippen LogP contribution in [0.25, 0.3) is 11.4 Å². The molecule has 1 aliphatic heterocycles. The Bertz CT molecular complexity index is 1050. The number of amides is 1. The number of imidazole rings is 1. The van der Waals surface area contributed by atoms with Gasteiger partial charge in [0.05, 0.1) is 5.54 Å². The van der Waals surface area contributed by atoms with Gasteiger partial charge in [0, 0.05) is 41.5 Å². The van der Waals surface area contributed by atoms with Crippen LogP contribution in [0.5, 0.6) is 0 Å².